The van der Waals surface area contributed by atoms with E-state index in [2.05, 4.69) is 29.2 Å². The van der Waals surface area contributed by atoms with E-state index in [0.29, 0.717) is 18.7 Å². The van der Waals surface area contributed by atoms with Gasteiger partial charge in [-0.1, -0.05) is 12.1 Å². The van der Waals surface area contributed by atoms with Crippen LogP contribution < -0.4 is 10.6 Å². The molecule has 3 aromatic rings. The Hall–Kier alpha value is -3.28. The maximum atomic E-state index is 12.9. The lowest BCUT2D eigenvalue weighted by molar-refractivity contribution is 0.0752. The van der Waals surface area contributed by atoms with Crippen LogP contribution in [0.3, 0.4) is 0 Å². The molecule has 0 fully saturated rings. The highest BCUT2D eigenvalue weighted by Crippen LogP contribution is 2.16. The normalized spacial score (nSPS) is 10.7. The maximum absolute atomic E-state index is 12.9. The summed E-state index contributed by atoms with van der Waals surface area (Å²) in [7, 11) is 4.01. The number of hydrogen-bond donors (Lipinski definition) is 1. The number of carbonyl (C=O) groups is 1. The molecule has 6 nitrogen and oxygen atoms in total. The van der Waals surface area contributed by atoms with Gasteiger partial charge in [-0.25, -0.2) is 4.79 Å². The first-order chi connectivity index (χ1) is 13.4. The second-order valence-electron chi connectivity index (χ2n) is 7.00. The zero-order chi connectivity index (χ0) is 20.3. The number of carbonyl (C=O) groups excluding carboxylic acids is 1. The number of aromatic nitrogens is 2. The number of aromatic amines is 1. The monoisotopic (exact) mass is 378 g/mol. The largest absolute Gasteiger partial charge is 0.378 e. The highest BCUT2D eigenvalue weighted by atomic mass is 16.2. The van der Waals surface area contributed by atoms with Crippen molar-refractivity contribution in [3.05, 3.63) is 82.0 Å². The number of benzene rings is 2. The quantitative estimate of drug-likeness (QED) is 0.717. The van der Waals surface area contributed by atoms with Crippen LogP contribution in [-0.4, -0.2) is 41.0 Å². The van der Waals surface area contributed by atoms with Crippen LogP contribution in [-0.2, 0) is 6.54 Å². The van der Waals surface area contributed by atoms with Crippen LogP contribution in [0.2, 0.25) is 0 Å². The fourth-order valence-electron chi connectivity index (χ4n) is 3.16. The summed E-state index contributed by atoms with van der Waals surface area (Å²) in [6.45, 7) is 5.01. The Balaban J connectivity index is 1.76. The van der Waals surface area contributed by atoms with Crippen LogP contribution in [0.4, 0.5) is 5.69 Å². The number of amides is 1. The number of rotatable bonds is 6. The van der Waals surface area contributed by atoms with Gasteiger partial charge in [-0.2, -0.15) is 0 Å². The molecule has 146 valence electrons. The molecule has 0 unspecified atom stereocenters. The molecule has 0 atom stereocenters. The van der Waals surface area contributed by atoms with Crippen molar-refractivity contribution in [2.24, 2.45) is 0 Å². The van der Waals surface area contributed by atoms with Crippen molar-refractivity contribution >= 4 is 11.6 Å². The number of imidazole rings is 1. The van der Waals surface area contributed by atoms with Crippen molar-refractivity contribution < 1.29 is 4.79 Å². The topological polar surface area (TPSA) is 61.3 Å². The van der Waals surface area contributed by atoms with Gasteiger partial charge in [-0.3, -0.25) is 9.36 Å². The van der Waals surface area contributed by atoms with Crippen LogP contribution in [0.15, 0.2) is 59.5 Å². The van der Waals surface area contributed by atoms with Crippen molar-refractivity contribution in [1.82, 2.24) is 14.5 Å². The third-order valence-corrected chi connectivity index (χ3v) is 4.83. The first kappa shape index (κ1) is 19.5. The van der Waals surface area contributed by atoms with Crippen LogP contribution in [0, 0.1) is 6.92 Å². The van der Waals surface area contributed by atoms with Gasteiger partial charge in [0.05, 0.1) is 5.69 Å². The molecule has 0 aliphatic heterocycles. The van der Waals surface area contributed by atoms with Crippen LogP contribution in [0.1, 0.15) is 28.5 Å². The standard InChI is InChI=1S/C22H26N4O2/c1-5-25(15-17-6-10-19(11-7-17)24(3)4)21(27)18-8-12-20(13-9-18)26-16(2)14-23-22(26)28/h6-14H,5,15H2,1-4H3,(H,23,28). The molecule has 0 aliphatic rings. The minimum absolute atomic E-state index is 0.0242. The molecule has 2 aromatic carbocycles. The fourth-order valence-corrected chi connectivity index (χ4v) is 3.16. The highest BCUT2D eigenvalue weighted by Gasteiger charge is 2.15. The fraction of sp³-hybridized carbons (Fsp3) is 0.273. The van der Waals surface area contributed by atoms with Crippen LogP contribution >= 0.6 is 0 Å². The van der Waals surface area contributed by atoms with E-state index >= 15 is 0 Å². The number of nitrogens with one attached hydrogen (secondary N) is 1. The molecule has 0 aliphatic carbocycles. The Kier molecular flexibility index (Phi) is 5.68. The van der Waals surface area contributed by atoms with Gasteiger partial charge >= 0.3 is 5.69 Å². The number of aryl methyl sites for hydroxylation is 1. The summed E-state index contributed by atoms with van der Waals surface area (Å²) in [4.78, 5) is 31.4. The van der Waals surface area contributed by atoms with Crippen LogP contribution in [0.25, 0.3) is 5.69 Å². The Morgan fingerprint density at radius 3 is 2.18 bits per heavy atom. The summed E-state index contributed by atoms with van der Waals surface area (Å²) >= 11 is 0. The van der Waals surface area contributed by atoms with Gasteiger partial charge in [0, 0.05) is 50.3 Å². The first-order valence-corrected chi connectivity index (χ1v) is 9.33. The van der Waals surface area contributed by atoms with E-state index < -0.39 is 0 Å². The predicted octanol–water partition coefficient (Wildman–Crippen LogP) is 3.20. The lowest BCUT2D eigenvalue weighted by Gasteiger charge is -2.22. The molecular formula is C22H26N4O2. The third kappa shape index (κ3) is 4.01. The first-order valence-electron chi connectivity index (χ1n) is 9.33. The molecule has 1 N–H and O–H groups in total. The van der Waals surface area contributed by atoms with E-state index in [9.17, 15) is 9.59 Å². The highest BCUT2D eigenvalue weighted by molar-refractivity contribution is 5.94. The zero-order valence-corrected chi connectivity index (χ0v) is 16.8. The third-order valence-electron chi connectivity index (χ3n) is 4.83. The van der Waals surface area contributed by atoms with E-state index in [1.807, 2.05) is 37.7 Å². The Bertz CT molecular complexity index is 998. The van der Waals surface area contributed by atoms with E-state index in [4.69, 9.17) is 0 Å². The van der Waals surface area contributed by atoms with Gasteiger partial charge in [0.15, 0.2) is 0 Å². The Labute approximate surface area is 165 Å². The number of nitrogens with zero attached hydrogens (tertiary/aromatic N) is 3. The molecule has 28 heavy (non-hydrogen) atoms. The number of hydrogen-bond acceptors (Lipinski definition) is 3. The van der Waals surface area contributed by atoms with E-state index in [-0.39, 0.29) is 11.6 Å². The van der Waals surface area contributed by atoms with Gasteiger partial charge in [-0.15, -0.1) is 0 Å². The zero-order valence-electron chi connectivity index (χ0n) is 16.8. The molecule has 0 spiro atoms. The molecule has 0 bridgehead atoms. The number of anilines is 1. The van der Waals surface area contributed by atoms with Crippen molar-refractivity contribution in [1.29, 1.82) is 0 Å². The lowest BCUT2D eigenvalue weighted by atomic mass is 10.1. The van der Waals surface area contributed by atoms with Crippen molar-refractivity contribution in [3.8, 4) is 5.69 Å². The molecule has 3 rings (SSSR count). The lowest BCUT2D eigenvalue weighted by Crippen LogP contribution is -2.30. The summed E-state index contributed by atoms with van der Waals surface area (Å²) in [5, 5.41) is 0. The van der Waals surface area contributed by atoms with Gasteiger partial charge < -0.3 is 14.8 Å². The SMILES string of the molecule is CCN(Cc1ccc(N(C)C)cc1)C(=O)c1ccc(-n2c(C)c[nH]c2=O)cc1. The van der Waals surface area contributed by atoms with E-state index in [1.165, 1.54) is 0 Å². The smallest absolute Gasteiger partial charge is 0.330 e. The summed E-state index contributed by atoms with van der Waals surface area (Å²) in [6.07, 6.45) is 1.67. The second kappa shape index (κ2) is 8.17. The average molecular weight is 378 g/mol. The summed E-state index contributed by atoms with van der Waals surface area (Å²) in [6, 6.07) is 15.4. The van der Waals surface area contributed by atoms with Gasteiger partial charge in [0.25, 0.3) is 5.91 Å². The molecule has 0 saturated heterocycles. The minimum Gasteiger partial charge on any atom is -0.378 e. The van der Waals surface area contributed by atoms with Crippen molar-refractivity contribution in [2.75, 3.05) is 25.5 Å². The predicted molar refractivity (Wildman–Crippen MR) is 112 cm³/mol. The van der Waals surface area contributed by atoms with E-state index in [0.717, 1.165) is 22.6 Å². The van der Waals surface area contributed by atoms with Gasteiger partial charge in [-0.05, 0) is 55.8 Å². The Morgan fingerprint density at radius 1 is 1.04 bits per heavy atom. The minimum atomic E-state index is -0.187. The Morgan fingerprint density at radius 2 is 1.68 bits per heavy atom. The molecule has 0 saturated carbocycles. The van der Waals surface area contributed by atoms with E-state index in [1.54, 1.807) is 35.0 Å². The molecule has 1 heterocycles. The molecule has 1 amide bonds. The summed E-state index contributed by atoms with van der Waals surface area (Å²) < 4.78 is 1.58. The molecular weight excluding hydrogens is 352 g/mol. The molecule has 6 heteroatoms. The average Bonchev–Trinajstić information content (AvgIpc) is 3.04. The van der Waals surface area contributed by atoms with Gasteiger partial charge in [0.1, 0.15) is 0 Å². The van der Waals surface area contributed by atoms with Crippen molar-refractivity contribution in [2.45, 2.75) is 20.4 Å². The molecule has 1 aromatic heterocycles. The summed E-state index contributed by atoms with van der Waals surface area (Å²) in [5.41, 5.74) is 4.20. The van der Waals surface area contributed by atoms with Gasteiger partial charge in [0.2, 0.25) is 0 Å². The number of H-pyrrole nitrogens is 1. The van der Waals surface area contributed by atoms with Crippen molar-refractivity contribution in [3.63, 3.8) is 0 Å². The van der Waals surface area contributed by atoms with Crippen LogP contribution in [0.5, 0.6) is 0 Å². The maximum Gasteiger partial charge on any atom is 0.330 e. The summed E-state index contributed by atoms with van der Waals surface area (Å²) in [5.74, 6) is -0.0242. The second-order valence-corrected chi connectivity index (χ2v) is 7.00. The molecule has 0 radical (unpaired) electrons.